The van der Waals surface area contributed by atoms with Crippen LogP contribution in [-0.2, 0) is 13.0 Å². The van der Waals surface area contributed by atoms with Gasteiger partial charge in [-0.1, -0.05) is 48.5 Å². The number of halogens is 1. The van der Waals surface area contributed by atoms with Crippen molar-refractivity contribution < 1.29 is 8.81 Å². The van der Waals surface area contributed by atoms with Crippen LogP contribution in [0.1, 0.15) is 11.3 Å². The van der Waals surface area contributed by atoms with E-state index in [2.05, 4.69) is 5.32 Å². The Morgan fingerprint density at radius 1 is 0.864 bits per heavy atom. The van der Waals surface area contributed by atoms with Crippen LogP contribution >= 0.6 is 0 Å². The topological polar surface area (TPSA) is 25.2 Å². The molecule has 0 radical (unpaired) electrons. The zero-order valence-corrected chi connectivity index (χ0v) is 12.3. The van der Waals surface area contributed by atoms with Crippen LogP contribution in [0.25, 0.3) is 11.3 Å². The number of rotatable bonds is 6. The highest BCUT2D eigenvalue weighted by Crippen LogP contribution is 2.21. The lowest BCUT2D eigenvalue weighted by Gasteiger charge is -2.04. The molecule has 0 saturated carbocycles. The van der Waals surface area contributed by atoms with Gasteiger partial charge in [0.15, 0.2) is 0 Å². The van der Waals surface area contributed by atoms with Crippen molar-refractivity contribution in [3.63, 3.8) is 0 Å². The Bertz CT molecular complexity index is 721. The zero-order chi connectivity index (χ0) is 15.2. The Kier molecular flexibility index (Phi) is 4.66. The molecule has 22 heavy (non-hydrogen) atoms. The molecule has 1 heterocycles. The molecule has 0 amide bonds. The summed E-state index contributed by atoms with van der Waals surface area (Å²) in [7, 11) is 0. The third-order valence-corrected chi connectivity index (χ3v) is 3.55. The van der Waals surface area contributed by atoms with E-state index in [-0.39, 0.29) is 5.82 Å². The monoisotopic (exact) mass is 295 g/mol. The Morgan fingerprint density at radius 3 is 2.45 bits per heavy atom. The largest absolute Gasteiger partial charge is 0.460 e. The lowest BCUT2D eigenvalue weighted by molar-refractivity contribution is 0.493. The molecule has 1 N–H and O–H groups in total. The summed E-state index contributed by atoms with van der Waals surface area (Å²) in [6.07, 6.45) is 0.666. The first-order chi connectivity index (χ1) is 10.8. The summed E-state index contributed by atoms with van der Waals surface area (Å²) >= 11 is 0. The van der Waals surface area contributed by atoms with Gasteiger partial charge in [-0.3, -0.25) is 0 Å². The summed E-state index contributed by atoms with van der Waals surface area (Å²) in [4.78, 5) is 0. The maximum absolute atomic E-state index is 13.5. The maximum Gasteiger partial charge on any atom is 0.134 e. The van der Waals surface area contributed by atoms with Crippen molar-refractivity contribution in [3.8, 4) is 11.3 Å². The molecule has 3 rings (SSSR count). The third kappa shape index (κ3) is 3.62. The minimum Gasteiger partial charge on any atom is -0.460 e. The summed E-state index contributed by atoms with van der Waals surface area (Å²) < 4.78 is 19.3. The lowest BCUT2D eigenvalue weighted by Crippen LogP contribution is -2.16. The number of hydrogen-bond acceptors (Lipinski definition) is 2. The van der Waals surface area contributed by atoms with Gasteiger partial charge in [-0.25, -0.2) is 4.39 Å². The van der Waals surface area contributed by atoms with E-state index in [1.54, 1.807) is 6.07 Å². The molecular formula is C19H18FNO. The number of hydrogen-bond donors (Lipinski definition) is 1. The molecule has 0 aliphatic heterocycles. The summed E-state index contributed by atoms with van der Waals surface area (Å²) in [5.41, 5.74) is 1.81. The van der Waals surface area contributed by atoms with E-state index >= 15 is 0 Å². The Labute approximate surface area is 129 Å². The van der Waals surface area contributed by atoms with Crippen molar-refractivity contribution in [1.29, 1.82) is 0 Å². The van der Waals surface area contributed by atoms with Gasteiger partial charge in [-0.2, -0.15) is 0 Å². The molecule has 0 aliphatic rings. The van der Waals surface area contributed by atoms with E-state index in [1.165, 1.54) is 6.07 Å². The highest BCUT2D eigenvalue weighted by Gasteiger charge is 2.04. The van der Waals surface area contributed by atoms with Crippen molar-refractivity contribution >= 4 is 0 Å². The smallest absolute Gasteiger partial charge is 0.134 e. The summed E-state index contributed by atoms with van der Waals surface area (Å²) in [6.45, 7) is 1.35. The predicted octanol–water partition coefficient (Wildman–Crippen LogP) is 4.42. The van der Waals surface area contributed by atoms with Gasteiger partial charge in [0.25, 0.3) is 0 Å². The molecule has 1 aromatic heterocycles. The van der Waals surface area contributed by atoms with Crippen molar-refractivity contribution in [2.75, 3.05) is 6.54 Å². The molecule has 112 valence electrons. The van der Waals surface area contributed by atoms with Gasteiger partial charge in [-0.05, 0) is 36.7 Å². The molecule has 0 unspecified atom stereocenters. The number of furan rings is 1. The Morgan fingerprint density at radius 2 is 1.64 bits per heavy atom. The number of nitrogens with one attached hydrogen (secondary N) is 1. The van der Waals surface area contributed by atoms with E-state index in [4.69, 9.17) is 4.42 Å². The van der Waals surface area contributed by atoms with E-state index in [1.807, 2.05) is 54.6 Å². The van der Waals surface area contributed by atoms with Crippen LogP contribution in [0.15, 0.2) is 71.1 Å². The Balaban J connectivity index is 1.51. The van der Waals surface area contributed by atoms with Crippen molar-refractivity contribution in [1.82, 2.24) is 5.32 Å². The molecule has 0 aliphatic carbocycles. The van der Waals surface area contributed by atoms with Crippen LogP contribution in [0.3, 0.4) is 0 Å². The van der Waals surface area contributed by atoms with Gasteiger partial charge in [0.1, 0.15) is 17.3 Å². The van der Waals surface area contributed by atoms with Gasteiger partial charge in [0.2, 0.25) is 0 Å². The third-order valence-electron chi connectivity index (χ3n) is 3.55. The number of benzene rings is 2. The highest BCUT2D eigenvalue weighted by atomic mass is 19.1. The molecule has 0 saturated heterocycles. The van der Waals surface area contributed by atoms with Crippen LogP contribution in [0.4, 0.5) is 4.39 Å². The van der Waals surface area contributed by atoms with Crippen molar-refractivity contribution in [2.45, 2.75) is 13.0 Å². The first kappa shape index (κ1) is 14.5. The average Bonchev–Trinajstić information content (AvgIpc) is 3.03. The van der Waals surface area contributed by atoms with Crippen LogP contribution in [0, 0.1) is 5.82 Å². The first-order valence-electron chi connectivity index (χ1n) is 7.41. The normalized spacial score (nSPS) is 10.8. The quantitative estimate of drug-likeness (QED) is 0.681. The second-order valence-corrected chi connectivity index (χ2v) is 5.15. The fourth-order valence-corrected chi connectivity index (χ4v) is 2.37. The van der Waals surface area contributed by atoms with Crippen LogP contribution < -0.4 is 5.32 Å². The zero-order valence-electron chi connectivity index (χ0n) is 12.3. The molecule has 3 heteroatoms. The summed E-state index contributed by atoms with van der Waals surface area (Å²) in [6, 6.07) is 20.8. The van der Waals surface area contributed by atoms with Crippen LogP contribution in [0.2, 0.25) is 0 Å². The standard InChI is InChI=1S/C19H18FNO/c20-18-9-5-4-6-15(18)12-13-21-14-17-10-11-19(22-17)16-7-2-1-3-8-16/h1-11,21H,12-14H2. The minimum absolute atomic E-state index is 0.145. The molecule has 0 spiro atoms. The fraction of sp³-hybridized carbons (Fsp3) is 0.158. The highest BCUT2D eigenvalue weighted by molar-refractivity contribution is 5.57. The van der Waals surface area contributed by atoms with E-state index < -0.39 is 0 Å². The fourth-order valence-electron chi connectivity index (χ4n) is 2.37. The van der Waals surface area contributed by atoms with Crippen LogP contribution in [0.5, 0.6) is 0 Å². The van der Waals surface area contributed by atoms with E-state index in [9.17, 15) is 4.39 Å². The minimum atomic E-state index is -0.145. The Hall–Kier alpha value is -2.39. The lowest BCUT2D eigenvalue weighted by atomic mass is 10.1. The van der Waals surface area contributed by atoms with Gasteiger partial charge in [-0.15, -0.1) is 0 Å². The second-order valence-electron chi connectivity index (χ2n) is 5.15. The van der Waals surface area contributed by atoms with Crippen LogP contribution in [-0.4, -0.2) is 6.54 Å². The molecule has 0 atom stereocenters. The molecule has 0 fully saturated rings. The van der Waals surface area contributed by atoms with Gasteiger partial charge in [0.05, 0.1) is 6.54 Å². The molecule has 3 aromatic rings. The van der Waals surface area contributed by atoms with E-state index in [0.717, 1.165) is 22.6 Å². The first-order valence-corrected chi connectivity index (χ1v) is 7.41. The average molecular weight is 295 g/mol. The second kappa shape index (κ2) is 7.05. The molecule has 2 nitrogen and oxygen atoms in total. The molecule has 2 aromatic carbocycles. The molecular weight excluding hydrogens is 277 g/mol. The predicted molar refractivity (Wildman–Crippen MR) is 86.0 cm³/mol. The van der Waals surface area contributed by atoms with E-state index in [0.29, 0.717) is 19.5 Å². The van der Waals surface area contributed by atoms with Gasteiger partial charge < -0.3 is 9.73 Å². The van der Waals surface area contributed by atoms with Gasteiger partial charge >= 0.3 is 0 Å². The summed E-state index contributed by atoms with van der Waals surface area (Å²) in [5.74, 6) is 1.60. The molecule has 0 bridgehead atoms. The van der Waals surface area contributed by atoms with Crippen molar-refractivity contribution in [3.05, 3.63) is 83.9 Å². The van der Waals surface area contributed by atoms with Crippen molar-refractivity contribution in [2.24, 2.45) is 0 Å². The van der Waals surface area contributed by atoms with Gasteiger partial charge in [0, 0.05) is 5.56 Å². The summed E-state index contributed by atoms with van der Waals surface area (Å²) in [5, 5.41) is 3.28. The SMILES string of the molecule is Fc1ccccc1CCNCc1ccc(-c2ccccc2)o1. The maximum atomic E-state index is 13.5.